The van der Waals surface area contributed by atoms with E-state index in [1.165, 1.54) is 16.7 Å². The first-order valence-electron chi connectivity index (χ1n) is 11.3. The van der Waals surface area contributed by atoms with Crippen molar-refractivity contribution in [3.05, 3.63) is 114 Å². The molecule has 0 spiro atoms. The van der Waals surface area contributed by atoms with Crippen molar-refractivity contribution >= 4 is 17.1 Å². The van der Waals surface area contributed by atoms with Gasteiger partial charge in [-0.3, -0.25) is 4.98 Å². The van der Waals surface area contributed by atoms with Crippen LogP contribution in [0.25, 0.3) is 39.8 Å². The van der Waals surface area contributed by atoms with Gasteiger partial charge in [0.25, 0.3) is 0 Å². The molecular weight excluding hydrogens is 595 g/mol. The van der Waals surface area contributed by atoms with Gasteiger partial charge in [-0.1, -0.05) is 44.2 Å². The Labute approximate surface area is 214 Å². The summed E-state index contributed by atoms with van der Waals surface area (Å²) >= 11 is 0. The van der Waals surface area contributed by atoms with Crippen molar-refractivity contribution in [1.29, 1.82) is 0 Å². The molecule has 0 aliphatic carbocycles. The predicted molar refractivity (Wildman–Crippen MR) is 135 cm³/mol. The molecule has 6 rings (SSSR count). The fourth-order valence-corrected chi connectivity index (χ4v) is 4.07. The SMILES string of the molecule is CC(C)C1=Cc2cccc3nc(-c4[c-]cccc4)n(c23)C1.[Ir].[c-]1ccccc1-c1ccccn1. The van der Waals surface area contributed by atoms with Crippen LogP contribution in [0.4, 0.5) is 0 Å². The predicted octanol–water partition coefficient (Wildman–Crippen LogP) is 7.10. The van der Waals surface area contributed by atoms with Crippen LogP contribution >= 0.6 is 0 Å². The third kappa shape index (κ3) is 4.94. The van der Waals surface area contributed by atoms with E-state index in [9.17, 15) is 0 Å². The summed E-state index contributed by atoms with van der Waals surface area (Å²) in [5, 5.41) is 0. The van der Waals surface area contributed by atoms with E-state index in [0.717, 1.165) is 34.7 Å². The van der Waals surface area contributed by atoms with Gasteiger partial charge in [-0.2, -0.15) is 0 Å². The largest absolute Gasteiger partial charge is 0.360 e. The maximum Gasteiger partial charge on any atom is 0.0777 e. The average Bonchev–Trinajstić information content (AvgIpc) is 3.26. The normalized spacial score (nSPS) is 11.9. The molecular formula is C30H25IrN3-2. The fraction of sp³-hybridized carbons (Fsp3) is 0.133. The Bertz CT molecular complexity index is 1350. The minimum Gasteiger partial charge on any atom is -0.360 e. The summed E-state index contributed by atoms with van der Waals surface area (Å²) in [5.74, 6) is 1.56. The van der Waals surface area contributed by atoms with Gasteiger partial charge in [0.2, 0.25) is 0 Å². The van der Waals surface area contributed by atoms with Gasteiger partial charge in [0.1, 0.15) is 0 Å². The molecule has 0 saturated carbocycles. The van der Waals surface area contributed by atoms with Crippen molar-refractivity contribution in [3.63, 3.8) is 0 Å². The van der Waals surface area contributed by atoms with Crippen molar-refractivity contribution in [3.8, 4) is 22.6 Å². The van der Waals surface area contributed by atoms with Gasteiger partial charge < -0.3 is 9.55 Å². The Morgan fingerprint density at radius 3 is 2.21 bits per heavy atom. The van der Waals surface area contributed by atoms with E-state index in [4.69, 9.17) is 4.98 Å². The maximum absolute atomic E-state index is 4.85. The van der Waals surface area contributed by atoms with Crippen LogP contribution in [0.3, 0.4) is 0 Å². The smallest absolute Gasteiger partial charge is 0.0777 e. The molecule has 3 aromatic carbocycles. The molecule has 0 unspecified atom stereocenters. The standard InChI is InChI=1S/C19H17N2.C11H8N.Ir/c1-13(2)16-11-15-9-6-10-17-18(15)21(12-16)19(20-17)14-7-4-3-5-8-14;1-2-6-10(7-3-1)11-8-4-5-9-12-11;/h3-7,9-11,13H,12H2,1-2H3;1-6,8-9H;/q2*-1;. The molecule has 1 radical (unpaired) electrons. The molecule has 0 atom stereocenters. The van der Waals surface area contributed by atoms with Crippen molar-refractivity contribution in [2.45, 2.75) is 20.4 Å². The van der Waals surface area contributed by atoms with E-state index >= 15 is 0 Å². The average molecular weight is 620 g/mol. The van der Waals surface area contributed by atoms with Gasteiger partial charge >= 0.3 is 0 Å². The van der Waals surface area contributed by atoms with Crippen LogP contribution in [0.1, 0.15) is 19.4 Å². The monoisotopic (exact) mass is 620 g/mol. The van der Waals surface area contributed by atoms with Crippen molar-refractivity contribution in [2.75, 3.05) is 0 Å². The van der Waals surface area contributed by atoms with Crippen molar-refractivity contribution in [1.82, 2.24) is 14.5 Å². The van der Waals surface area contributed by atoms with E-state index in [-0.39, 0.29) is 20.1 Å². The first-order valence-corrected chi connectivity index (χ1v) is 11.3. The molecule has 2 aromatic heterocycles. The zero-order valence-electron chi connectivity index (χ0n) is 19.2. The number of rotatable bonds is 3. The van der Waals surface area contributed by atoms with Crippen LogP contribution in [0.5, 0.6) is 0 Å². The molecule has 0 bridgehead atoms. The third-order valence-electron chi connectivity index (χ3n) is 5.82. The second-order valence-electron chi connectivity index (χ2n) is 8.38. The Kier molecular flexibility index (Phi) is 7.52. The molecule has 0 fully saturated rings. The van der Waals surface area contributed by atoms with E-state index < -0.39 is 0 Å². The van der Waals surface area contributed by atoms with Crippen LogP contribution < -0.4 is 0 Å². The summed E-state index contributed by atoms with van der Waals surface area (Å²) in [6.07, 6.45) is 4.11. The Morgan fingerprint density at radius 1 is 0.824 bits per heavy atom. The number of allylic oxidation sites excluding steroid dienone is 1. The molecule has 5 aromatic rings. The fourth-order valence-electron chi connectivity index (χ4n) is 4.07. The van der Waals surface area contributed by atoms with Crippen molar-refractivity contribution in [2.24, 2.45) is 5.92 Å². The quantitative estimate of drug-likeness (QED) is 0.202. The first kappa shape index (κ1) is 23.8. The number of para-hydroxylation sites is 1. The van der Waals surface area contributed by atoms with E-state index in [1.54, 1.807) is 6.20 Å². The number of aromatic nitrogens is 3. The Hall–Kier alpha value is -3.33. The van der Waals surface area contributed by atoms with Crippen LogP contribution in [0.2, 0.25) is 0 Å². The zero-order valence-corrected chi connectivity index (χ0v) is 21.6. The molecule has 3 heterocycles. The molecule has 34 heavy (non-hydrogen) atoms. The summed E-state index contributed by atoms with van der Waals surface area (Å²) in [6.45, 7) is 5.42. The molecule has 1 aliphatic heterocycles. The summed E-state index contributed by atoms with van der Waals surface area (Å²) in [6, 6.07) is 34.6. The molecule has 1 aliphatic rings. The van der Waals surface area contributed by atoms with Crippen LogP contribution in [-0.2, 0) is 26.7 Å². The maximum atomic E-state index is 4.85. The van der Waals surface area contributed by atoms with E-state index in [0.29, 0.717) is 5.92 Å². The zero-order chi connectivity index (χ0) is 22.6. The summed E-state index contributed by atoms with van der Waals surface area (Å²) < 4.78 is 2.34. The third-order valence-corrected chi connectivity index (χ3v) is 5.82. The number of pyridine rings is 1. The van der Waals surface area contributed by atoms with E-state index in [1.807, 2.05) is 60.7 Å². The second kappa shape index (κ2) is 10.7. The number of hydrogen-bond acceptors (Lipinski definition) is 2. The van der Waals surface area contributed by atoms with E-state index in [2.05, 4.69) is 65.9 Å². The summed E-state index contributed by atoms with van der Waals surface area (Å²) in [5.41, 5.74) is 8.11. The molecule has 171 valence electrons. The second-order valence-corrected chi connectivity index (χ2v) is 8.38. The molecule has 0 saturated heterocycles. The van der Waals surface area contributed by atoms with Gasteiger partial charge in [0.15, 0.2) is 0 Å². The van der Waals surface area contributed by atoms with Gasteiger partial charge in [-0.05, 0) is 34.9 Å². The molecule has 3 nitrogen and oxygen atoms in total. The number of hydrogen-bond donors (Lipinski definition) is 0. The van der Waals surface area contributed by atoms with Crippen LogP contribution in [0.15, 0.2) is 96.7 Å². The summed E-state index contributed by atoms with van der Waals surface area (Å²) in [7, 11) is 0. The summed E-state index contributed by atoms with van der Waals surface area (Å²) in [4.78, 5) is 9.06. The first-order chi connectivity index (χ1) is 16.2. The van der Waals surface area contributed by atoms with Gasteiger partial charge in [-0.15, -0.1) is 71.8 Å². The van der Waals surface area contributed by atoms with Gasteiger partial charge in [-0.25, -0.2) is 0 Å². The number of benzene rings is 3. The van der Waals surface area contributed by atoms with Crippen molar-refractivity contribution < 1.29 is 20.1 Å². The number of nitrogens with zero attached hydrogens (tertiary/aromatic N) is 3. The Balaban J connectivity index is 0.000000180. The molecule has 4 heteroatoms. The van der Waals surface area contributed by atoms with Gasteiger partial charge in [0.05, 0.1) is 16.9 Å². The van der Waals surface area contributed by atoms with Crippen LogP contribution in [-0.4, -0.2) is 14.5 Å². The number of imidazole rings is 1. The topological polar surface area (TPSA) is 30.7 Å². The van der Waals surface area contributed by atoms with Crippen LogP contribution in [0, 0.1) is 18.1 Å². The minimum atomic E-state index is 0. The Morgan fingerprint density at radius 2 is 1.56 bits per heavy atom. The minimum absolute atomic E-state index is 0. The van der Waals surface area contributed by atoms with Gasteiger partial charge in [0, 0.05) is 32.8 Å². The molecule has 0 amide bonds. The molecule has 0 N–H and O–H groups in total.